The first-order valence-corrected chi connectivity index (χ1v) is 17.9. The van der Waals surface area contributed by atoms with Crippen LogP contribution in [0.1, 0.15) is 29.7 Å². The van der Waals surface area contributed by atoms with E-state index < -0.39 is 32.5 Å². The minimum Gasteiger partial charge on any atom is -0.497 e. The van der Waals surface area contributed by atoms with E-state index in [1.54, 1.807) is 61.5 Å². The van der Waals surface area contributed by atoms with E-state index in [1.165, 1.54) is 36.1 Å². The topological polar surface area (TPSA) is 152 Å². The minimum atomic E-state index is -4.29. The van der Waals surface area contributed by atoms with Crippen LogP contribution in [0, 0.1) is 10.1 Å². The van der Waals surface area contributed by atoms with Crippen molar-refractivity contribution < 1.29 is 27.6 Å². The van der Waals surface area contributed by atoms with Gasteiger partial charge in [-0.1, -0.05) is 78.1 Å². The van der Waals surface area contributed by atoms with Crippen molar-refractivity contribution in [3.8, 4) is 5.75 Å². The number of esters is 1. The van der Waals surface area contributed by atoms with Crippen molar-refractivity contribution in [2.45, 2.75) is 17.9 Å². The number of fused-ring (bicyclic) bond motifs is 2. The fourth-order valence-electron chi connectivity index (χ4n) is 6.07. The highest BCUT2D eigenvalue weighted by molar-refractivity contribution is 7.90. The quantitative estimate of drug-likeness (QED) is 0.114. The lowest BCUT2D eigenvalue weighted by Gasteiger charge is -2.26. The molecule has 1 aliphatic heterocycles. The molecule has 0 unspecified atom stereocenters. The Kier molecular flexibility index (Phi) is 8.71. The van der Waals surface area contributed by atoms with E-state index in [9.17, 15) is 28.1 Å². The number of hydrogen-bond acceptors (Lipinski definition) is 10. The highest BCUT2D eigenvalue weighted by atomic mass is 32.2. The molecule has 1 atom stereocenters. The molecule has 0 amide bonds. The lowest BCUT2D eigenvalue weighted by Crippen LogP contribution is -2.40. The zero-order valence-electron chi connectivity index (χ0n) is 27.1. The van der Waals surface area contributed by atoms with E-state index in [0.29, 0.717) is 43.8 Å². The van der Waals surface area contributed by atoms with Crippen LogP contribution in [0.2, 0.25) is 0 Å². The summed E-state index contributed by atoms with van der Waals surface area (Å²) in [6, 6.07) is 26.9. The van der Waals surface area contributed by atoms with Crippen LogP contribution >= 0.6 is 11.3 Å². The van der Waals surface area contributed by atoms with Gasteiger partial charge in [-0.2, -0.15) is 0 Å². The lowest BCUT2D eigenvalue weighted by atomic mass is 9.93. The maximum atomic E-state index is 14.5. The number of benzene rings is 4. The monoisotopic (exact) mass is 720 g/mol. The van der Waals surface area contributed by atoms with Gasteiger partial charge in [0.2, 0.25) is 0 Å². The van der Waals surface area contributed by atoms with Crippen LogP contribution in [-0.2, 0) is 19.6 Å². The highest BCUT2D eigenvalue weighted by Gasteiger charge is 2.35. The standard InChI is InChI=1S/C37H28N4O8S2/c1-3-49-36(43)32-33(23-11-5-4-6-12-23)38-37-40(34(32)24-13-9-15-27(19-24)48-2)35(42)31(50-37)20-25-22-39(30-18-8-7-17-29(25)30)51(46,47)28-16-10-14-26(21-28)41(44)45/h4-22,34H,3H2,1-2H3/b31-20-/t34-/m0/s1. The summed E-state index contributed by atoms with van der Waals surface area (Å²) in [5.74, 6) is -0.106. The minimum absolute atomic E-state index is 0.100. The summed E-state index contributed by atoms with van der Waals surface area (Å²) >= 11 is 1.09. The Bertz CT molecular complexity index is 2690. The number of para-hydroxylation sites is 1. The van der Waals surface area contributed by atoms with Crippen LogP contribution in [0.4, 0.5) is 5.69 Å². The highest BCUT2D eigenvalue weighted by Crippen LogP contribution is 2.36. The molecule has 3 heterocycles. The summed E-state index contributed by atoms with van der Waals surface area (Å²) in [5.41, 5.74) is 1.68. The van der Waals surface area contributed by atoms with E-state index in [4.69, 9.17) is 14.5 Å². The van der Waals surface area contributed by atoms with Crippen LogP contribution in [0.5, 0.6) is 5.75 Å². The zero-order chi connectivity index (χ0) is 35.9. The Morgan fingerprint density at radius 3 is 2.49 bits per heavy atom. The molecule has 51 heavy (non-hydrogen) atoms. The Labute approximate surface area is 294 Å². The van der Waals surface area contributed by atoms with Crippen LogP contribution in [0.15, 0.2) is 130 Å². The van der Waals surface area contributed by atoms with Crippen molar-refractivity contribution in [3.63, 3.8) is 0 Å². The molecule has 12 nitrogen and oxygen atoms in total. The number of aromatic nitrogens is 2. The van der Waals surface area contributed by atoms with E-state index >= 15 is 0 Å². The summed E-state index contributed by atoms with van der Waals surface area (Å²) in [6.07, 6.45) is 2.97. The van der Waals surface area contributed by atoms with Crippen molar-refractivity contribution in [1.29, 1.82) is 0 Å². The summed E-state index contributed by atoms with van der Waals surface area (Å²) < 4.78 is 41.5. The second kappa shape index (κ2) is 13.3. The van der Waals surface area contributed by atoms with Gasteiger partial charge in [0.25, 0.3) is 21.3 Å². The molecule has 1 aliphatic rings. The number of carbonyl (C=O) groups excluding carboxylic acids is 1. The van der Waals surface area contributed by atoms with Gasteiger partial charge in [-0.25, -0.2) is 22.2 Å². The number of nitro benzene ring substituents is 1. The number of nitrogens with zero attached hydrogens (tertiary/aromatic N) is 4. The van der Waals surface area contributed by atoms with Gasteiger partial charge in [0, 0.05) is 34.8 Å². The molecule has 4 aromatic carbocycles. The van der Waals surface area contributed by atoms with Crippen molar-refractivity contribution in [1.82, 2.24) is 8.54 Å². The normalized spacial score (nSPS) is 14.6. The van der Waals surface area contributed by atoms with Crippen molar-refractivity contribution in [3.05, 3.63) is 161 Å². The third-order valence-electron chi connectivity index (χ3n) is 8.36. The third kappa shape index (κ3) is 5.93. The van der Waals surface area contributed by atoms with E-state index in [0.717, 1.165) is 21.4 Å². The average molecular weight is 721 g/mol. The van der Waals surface area contributed by atoms with Crippen LogP contribution in [0.25, 0.3) is 22.7 Å². The van der Waals surface area contributed by atoms with E-state index in [2.05, 4.69) is 0 Å². The molecule has 0 saturated carbocycles. The van der Waals surface area contributed by atoms with Gasteiger partial charge in [0.15, 0.2) is 4.80 Å². The fourth-order valence-corrected chi connectivity index (χ4v) is 8.48. The SMILES string of the molecule is CCOC(=O)C1=C(c2ccccc2)N=c2s/c(=C\c3cn(S(=O)(=O)c4cccc([N+](=O)[O-])c4)c4ccccc34)c(=O)n2[C@H]1c1cccc(OC)c1. The fraction of sp³-hybridized carbons (Fsp3) is 0.108. The Morgan fingerprint density at radius 1 is 1.00 bits per heavy atom. The molecule has 7 rings (SSSR count). The number of ether oxygens (including phenoxy) is 2. The molecule has 0 aliphatic carbocycles. The molecular formula is C37H28N4O8S2. The number of rotatable bonds is 9. The zero-order valence-corrected chi connectivity index (χ0v) is 28.8. The molecule has 0 spiro atoms. The first-order valence-electron chi connectivity index (χ1n) is 15.6. The van der Waals surface area contributed by atoms with Gasteiger partial charge in [0.05, 0.1) is 50.9 Å². The summed E-state index contributed by atoms with van der Waals surface area (Å²) in [6.45, 7) is 1.80. The summed E-state index contributed by atoms with van der Waals surface area (Å²) in [4.78, 5) is 43.9. The predicted octanol–water partition coefficient (Wildman–Crippen LogP) is 5.04. The second-order valence-corrected chi connectivity index (χ2v) is 14.2. The smallest absolute Gasteiger partial charge is 0.338 e. The first kappa shape index (κ1) is 33.4. The molecule has 0 saturated heterocycles. The van der Waals surface area contributed by atoms with Gasteiger partial charge >= 0.3 is 5.97 Å². The lowest BCUT2D eigenvalue weighted by molar-refractivity contribution is -0.385. The number of nitro groups is 1. The second-order valence-electron chi connectivity index (χ2n) is 11.4. The largest absolute Gasteiger partial charge is 0.497 e. The molecular weight excluding hydrogens is 693 g/mol. The first-order chi connectivity index (χ1) is 24.6. The molecule has 0 bridgehead atoms. The molecule has 6 aromatic rings. The number of non-ortho nitro benzene ring substituents is 1. The molecule has 0 N–H and O–H groups in total. The Balaban J connectivity index is 1.47. The van der Waals surface area contributed by atoms with Crippen molar-refractivity contribution >= 4 is 55.7 Å². The van der Waals surface area contributed by atoms with Gasteiger partial charge < -0.3 is 9.47 Å². The molecule has 2 aromatic heterocycles. The molecule has 0 radical (unpaired) electrons. The maximum absolute atomic E-state index is 14.5. The average Bonchev–Trinajstić information content (AvgIpc) is 3.68. The van der Waals surface area contributed by atoms with E-state index in [1.807, 2.05) is 30.3 Å². The number of hydrogen-bond donors (Lipinski definition) is 0. The van der Waals surface area contributed by atoms with Crippen LogP contribution in [-0.4, -0.2) is 41.6 Å². The number of thiazole rings is 1. The van der Waals surface area contributed by atoms with E-state index in [-0.39, 0.29) is 27.3 Å². The molecule has 0 fully saturated rings. The van der Waals surface area contributed by atoms with Gasteiger partial charge in [-0.15, -0.1) is 0 Å². The maximum Gasteiger partial charge on any atom is 0.338 e. The van der Waals surface area contributed by atoms with Crippen LogP contribution < -0.4 is 19.6 Å². The summed E-state index contributed by atoms with van der Waals surface area (Å²) in [5, 5.41) is 11.9. The Hall–Kier alpha value is -6.12. The predicted molar refractivity (Wildman–Crippen MR) is 192 cm³/mol. The Morgan fingerprint density at radius 2 is 1.75 bits per heavy atom. The van der Waals surface area contributed by atoms with Gasteiger partial charge in [-0.05, 0) is 42.8 Å². The molecule has 14 heteroatoms. The third-order valence-corrected chi connectivity index (χ3v) is 11.0. The van der Waals surface area contributed by atoms with Crippen molar-refractivity contribution in [2.24, 2.45) is 4.99 Å². The number of methoxy groups -OCH3 is 1. The van der Waals surface area contributed by atoms with Gasteiger partial charge in [-0.3, -0.25) is 19.5 Å². The van der Waals surface area contributed by atoms with Crippen LogP contribution in [0.3, 0.4) is 0 Å². The number of carbonyl (C=O) groups is 1. The summed E-state index contributed by atoms with van der Waals surface area (Å²) in [7, 11) is -2.77. The molecule has 256 valence electrons. The van der Waals surface area contributed by atoms with Gasteiger partial charge in [0.1, 0.15) is 5.75 Å². The van der Waals surface area contributed by atoms with Crippen molar-refractivity contribution in [2.75, 3.05) is 13.7 Å².